The van der Waals surface area contributed by atoms with Crippen LogP contribution in [0.1, 0.15) is 58.3 Å². The van der Waals surface area contributed by atoms with Crippen molar-refractivity contribution in [3.05, 3.63) is 0 Å². The molecule has 1 N–H and O–H groups in total. The summed E-state index contributed by atoms with van der Waals surface area (Å²) in [5.74, 6) is 3.71. The highest BCUT2D eigenvalue weighted by atomic mass is 16.3. The minimum atomic E-state index is -0.345. The number of nitrogens with zero attached hydrogens (tertiary/aromatic N) is 1. The summed E-state index contributed by atoms with van der Waals surface area (Å²) >= 11 is 0. The van der Waals surface area contributed by atoms with E-state index in [9.17, 15) is 5.11 Å². The first-order valence-electron chi connectivity index (χ1n) is 8.67. The van der Waals surface area contributed by atoms with E-state index in [0.717, 1.165) is 42.9 Å². The molecule has 108 valence electrons. The van der Waals surface area contributed by atoms with Crippen LogP contribution < -0.4 is 0 Å². The predicted octanol–water partition coefficient (Wildman–Crippen LogP) is 3.50. The van der Waals surface area contributed by atoms with Gasteiger partial charge >= 0.3 is 0 Å². The molecule has 1 unspecified atom stereocenters. The largest absolute Gasteiger partial charge is 0.389 e. The van der Waals surface area contributed by atoms with Crippen LogP contribution in [-0.4, -0.2) is 10.7 Å². The minimum absolute atomic E-state index is 0.250. The number of hydrogen-bond acceptors (Lipinski definition) is 2. The molecule has 2 heteroatoms. The first-order valence-corrected chi connectivity index (χ1v) is 8.67. The molecule has 8 atom stereocenters. The molecule has 0 amide bonds. The lowest BCUT2D eigenvalue weighted by atomic mass is 9.57. The van der Waals surface area contributed by atoms with Gasteiger partial charge in [0.2, 0.25) is 0 Å². The van der Waals surface area contributed by atoms with Crippen LogP contribution in [0.15, 0.2) is 0 Å². The molecular weight excluding hydrogens is 246 g/mol. The van der Waals surface area contributed by atoms with Crippen molar-refractivity contribution in [3.63, 3.8) is 0 Å². The van der Waals surface area contributed by atoms with Gasteiger partial charge in [-0.1, -0.05) is 6.92 Å². The Hall–Kier alpha value is -0.550. The number of rotatable bonds is 1. The third-order valence-electron chi connectivity index (χ3n) is 9.00. The molecule has 0 aromatic carbocycles. The smallest absolute Gasteiger partial charge is 0.0714 e. The minimum Gasteiger partial charge on any atom is -0.389 e. The van der Waals surface area contributed by atoms with E-state index in [1.165, 1.54) is 32.1 Å². The molecule has 0 aliphatic heterocycles. The van der Waals surface area contributed by atoms with Crippen molar-refractivity contribution in [1.82, 2.24) is 0 Å². The third kappa shape index (κ3) is 0.900. The molecule has 5 saturated carbocycles. The molecule has 0 aromatic rings. The summed E-state index contributed by atoms with van der Waals surface area (Å²) in [5.41, 5.74) is 0.257. The quantitative estimate of drug-likeness (QED) is 0.793. The van der Waals surface area contributed by atoms with Gasteiger partial charge in [0.15, 0.2) is 0 Å². The molecule has 0 radical (unpaired) electrons. The van der Waals surface area contributed by atoms with Crippen LogP contribution in [0.25, 0.3) is 0 Å². The molecule has 5 rings (SSSR count). The highest BCUT2D eigenvalue weighted by molar-refractivity contribution is 5.32. The Labute approximate surface area is 121 Å². The van der Waals surface area contributed by atoms with Crippen molar-refractivity contribution in [3.8, 4) is 6.07 Å². The molecule has 5 aliphatic rings. The molecule has 20 heavy (non-hydrogen) atoms. The van der Waals surface area contributed by atoms with Crippen LogP contribution >= 0.6 is 0 Å². The molecule has 0 heterocycles. The van der Waals surface area contributed by atoms with Crippen molar-refractivity contribution in [1.29, 1.82) is 5.26 Å². The van der Waals surface area contributed by atoms with Gasteiger partial charge in [-0.05, 0) is 80.0 Å². The fourth-order valence-electron chi connectivity index (χ4n) is 8.88. The summed E-state index contributed by atoms with van der Waals surface area (Å²) < 4.78 is 0. The molecule has 2 nitrogen and oxygen atoms in total. The second-order valence-electron chi connectivity index (χ2n) is 8.79. The first-order chi connectivity index (χ1) is 9.58. The highest BCUT2D eigenvalue weighted by Crippen LogP contribution is 2.86. The van der Waals surface area contributed by atoms with Crippen LogP contribution in [0.4, 0.5) is 0 Å². The van der Waals surface area contributed by atoms with E-state index in [4.69, 9.17) is 5.26 Å². The summed E-state index contributed by atoms with van der Waals surface area (Å²) in [7, 11) is 0. The van der Waals surface area contributed by atoms with Gasteiger partial charge in [0.1, 0.15) is 0 Å². The fourth-order valence-corrected chi connectivity index (χ4v) is 8.88. The maximum atomic E-state index is 11.5. The maximum absolute atomic E-state index is 11.5. The normalized spacial score (nSPS) is 65.3. The zero-order valence-corrected chi connectivity index (χ0v) is 12.4. The van der Waals surface area contributed by atoms with E-state index in [2.05, 4.69) is 13.0 Å². The fraction of sp³-hybridized carbons (Fsp3) is 0.944. The van der Waals surface area contributed by atoms with Gasteiger partial charge in [0.05, 0.1) is 11.7 Å². The Kier molecular flexibility index (Phi) is 1.97. The monoisotopic (exact) mass is 271 g/mol. The van der Waals surface area contributed by atoms with Crippen LogP contribution in [0.5, 0.6) is 0 Å². The van der Waals surface area contributed by atoms with Crippen molar-refractivity contribution < 1.29 is 5.11 Å². The highest BCUT2D eigenvalue weighted by Gasteiger charge is 2.83. The summed E-state index contributed by atoms with van der Waals surface area (Å²) in [6.45, 7) is 2.53. The lowest BCUT2D eigenvalue weighted by molar-refractivity contribution is -0.115. The summed E-state index contributed by atoms with van der Waals surface area (Å²) in [6, 6.07) is 2.45. The van der Waals surface area contributed by atoms with Crippen LogP contribution in [0, 0.1) is 51.8 Å². The van der Waals surface area contributed by atoms with Crippen molar-refractivity contribution in [2.45, 2.75) is 63.9 Å². The average Bonchev–Trinajstić information content (AvgIpc) is 3.07. The Morgan fingerprint density at radius 3 is 2.50 bits per heavy atom. The van der Waals surface area contributed by atoms with E-state index in [1.54, 1.807) is 0 Å². The lowest BCUT2D eigenvalue weighted by Crippen LogP contribution is -2.51. The standard InChI is InChI=1S/C18H25NO/c1-16-14-8-11(4-7-19)15(16)10-13-3-6-17(20)5-2-12(9-14)18(13,16)17/h11-15,20H,2-6,8-10H2,1H3/t11-,12-,13-,14+,15+,16-,17-,18?/m0/s1. The summed E-state index contributed by atoms with van der Waals surface area (Å²) in [4.78, 5) is 0. The number of nitriles is 1. The van der Waals surface area contributed by atoms with Gasteiger partial charge < -0.3 is 5.11 Å². The van der Waals surface area contributed by atoms with E-state index in [0.29, 0.717) is 11.3 Å². The predicted molar refractivity (Wildman–Crippen MR) is 75.5 cm³/mol. The third-order valence-corrected chi connectivity index (χ3v) is 9.00. The molecular formula is C18H25NO. The molecule has 0 bridgehead atoms. The molecule has 0 aromatic heterocycles. The molecule has 5 fully saturated rings. The van der Waals surface area contributed by atoms with Gasteiger partial charge in [0.25, 0.3) is 0 Å². The van der Waals surface area contributed by atoms with E-state index in [-0.39, 0.29) is 11.0 Å². The Balaban J connectivity index is 1.69. The maximum Gasteiger partial charge on any atom is 0.0714 e. The van der Waals surface area contributed by atoms with E-state index in [1.807, 2.05) is 0 Å². The Bertz CT molecular complexity index is 520. The second kappa shape index (κ2) is 3.27. The number of aliphatic hydroxyl groups is 1. The zero-order chi connectivity index (χ0) is 13.8. The van der Waals surface area contributed by atoms with E-state index < -0.39 is 0 Å². The van der Waals surface area contributed by atoms with Gasteiger partial charge in [-0.3, -0.25) is 0 Å². The van der Waals surface area contributed by atoms with Gasteiger partial charge in [-0.2, -0.15) is 5.26 Å². The average molecular weight is 271 g/mol. The molecule has 5 aliphatic carbocycles. The topological polar surface area (TPSA) is 44.0 Å². The molecule has 0 saturated heterocycles. The molecule has 1 spiro atoms. The second-order valence-corrected chi connectivity index (χ2v) is 8.79. The van der Waals surface area contributed by atoms with Gasteiger partial charge in [-0.25, -0.2) is 0 Å². The summed E-state index contributed by atoms with van der Waals surface area (Å²) in [5, 5.41) is 20.6. The van der Waals surface area contributed by atoms with Gasteiger partial charge in [-0.15, -0.1) is 0 Å². The number of hydrogen-bond donors (Lipinski definition) is 1. The lowest BCUT2D eigenvalue weighted by Gasteiger charge is -2.49. The zero-order valence-electron chi connectivity index (χ0n) is 12.4. The van der Waals surface area contributed by atoms with Crippen LogP contribution in [0.2, 0.25) is 0 Å². The van der Waals surface area contributed by atoms with Crippen LogP contribution in [-0.2, 0) is 0 Å². The van der Waals surface area contributed by atoms with Crippen molar-refractivity contribution in [2.75, 3.05) is 0 Å². The first kappa shape index (κ1) is 12.0. The Morgan fingerprint density at radius 1 is 1.10 bits per heavy atom. The van der Waals surface area contributed by atoms with Gasteiger partial charge in [0, 0.05) is 11.8 Å². The SMILES string of the molecule is C[C@]12[C@@H]3C[C@H](CC#N)[C@H]1C[C@@H]1CC[C@@]4(O)CC[C@@H](C3)C142. The summed E-state index contributed by atoms with van der Waals surface area (Å²) in [6.07, 6.45) is 9.35. The Morgan fingerprint density at radius 2 is 1.80 bits per heavy atom. The van der Waals surface area contributed by atoms with Crippen molar-refractivity contribution >= 4 is 0 Å². The van der Waals surface area contributed by atoms with Crippen LogP contribution in [0.3, 0.4) is 0 Å². The van der Waals surface area contributed by atoms with Crippen molar-refractivity contribution in [2.24, 2.45) is 40.4 Å². The van der Waals surface area contributed by atoms with E-state index >= 15 is 0 Å².